The van der Waals surface area contributed by atoms with Gasteiger partial charge in [0, 0.05) is 44.0 Å². The number of nitrogens with zero attached hydrogens (tertiary/aromatic N) is 2. The zero-order chi connectivity index (χ0) is 16.4. The van der Waals surface area contributed by atoms with E-state index in [9.17, 15) is 9.18 Å². The van der Waals surface area contributed by atoms with Crippen molar-refractivity contribution >= 4 is 11.6 Å². The van der Waals surface area contributed by atoms with Crippen LogP contribution in [0.15, 0.2) is 18.2 Å². The van der Waals surface area contributed by atoms with E-state index in [-0.39, 0.29) is 29.4 Å². The van der Waals surface area contributed by atoms with Crippen molar-refractivity contribution in [3.05, 3.63) is 24.0 Å². The van der Waals surface area contributed by atoms with Crippen LogP contribution in [0, 0.1) is 11.7 Å². The summed E-state index contributed by atoms with van der Waals surface area (Å²) >= 11 is 0. The van der Waals surface area contributed by atoms with Gasteiger partial charge in [-0.1, -0.05) is 6.42 Å². The molecule has 2 atom stereocenters. The first-order valence-corrected chi connectivity index (χ1v) is 8.23. The molecule has 5 nitrogen and oxygen atoms in total. The van der Waals surface area contributed by atoms with Crippen LogP contribution in [-0.2, 0) is 4.79 Å². The van der Waals surface area contributed by atoms with Gasteiger partial charge in [0.15, 0.2) is 11.6 Å². The van der Waals surface area contributed by atoms with Gasteiger partial charge in [0.1, 0.15) is 0 Å². The molecule has 1 aliphatic carbocycles. The van der Waals surface area contributed by atoms with Gasteiger partial charge in [-0.2, -0.15) is 0 Å². The van der Waals surface area contributed by atoms with Crippen LogP contribution in [0.2, 0.25) is 0 Å². The van der Waals surface area contributed by atoms with Gasteiger partial charge in [-0.3, -0.25) is 4.79 Å². The van der Waals surface area contributed by atoms with E-state index in [2.05, 4.69) is 4.90 Å². The maximum atomic E-state index is 13.8. The summed E-state index contributed by atoms with van der Waals surface area (Å²) in [5.41, 5.74) is 6.86. The lowest BCUT2D eigenvalue weighted by Gasteiger charge is -2.37. The summed E-state index contributed by atoms with van der Waals surface area (Å²) < 4.78 is 18.8. The Morgan fingerprint density at radius 3 is 2.57 bits per heavy atom. The first-order chi connectivity index (χ1) is 11.1. The minimum Gasteiger partial charge on any atom is -0.494 e. The lowest BCUT2D eigenvalue weighted by atomic mass is 10.0. The van der Waals surface area contributed by atoms with Gasteiger partial charge >= 0.3 is 0 Å². The Hall–Kier alpha value is -1.82. The summed E-state index contributed by atoms with van der Waals surface area (Å²) in [5.74, 6) is 0.0637. The summed E-state index contributed by atoms with van der Waals surface area (Å²) in [6, 6.07) is 4.99. The van der Waals surface area contributed by atoms with Crippen molar-refractivity contribution in [3.63, 3.8) is 0 Å². The highest BCUT2D eigenvalue weighted by Gasteiger charge is 2.34. The summed E-state index contributed by atoms with van der Waals surface area (Å²) in [7, 11) is 1.45. The van der Waals surface area contributed by atoms with Crippen molar-refractivity contribution in [1.29, 1.82) is 0 Å². The highest BCUT2D eigenvalue weighted by molar-refractivity contribution is 5.80. The molecule has 0 radical (unpaired) electrons. The van der Waals surface area contributed by atoms with Crippen LogP contribution >= 0.6 is 0 Å². The van der Waals surface area contributed by atoms with Crippen molar-refractivity contribution < 1.29 is 13.9 Å². The van der Waals surface area contributed by atoms with Crippen molar-refractivity contribution in [2.45, 2.75) is 25.3 Å². The van der Waals surface area contributed by atoms with E-state index in [1.165, 1.54) is 13.2 Å². The minimum atomic E-state index is -0.361. The molecule has 0 spiro atoms. The molecule has 2 fully saturated rings. The summed E-state index contributed by atoms with van der Waals surface area (Å²) in [6.07, 6.45) is 2.90. The third kappa shape index (κ3) is 3.27. The number of halogens is 1. The molecule has 3 rings (SSSR count). The number of benzene rings is 1. The Morgan fingerprint density at radius 1 is 1.26 bits per heavy atom. The third-order valence-corrected chi connectivity index (χ3v) is 4.98. The summed E-state index contributed by atoms with van der Waals surface area (Å²) in [4.78, 5) is 16.5. The number of nitrogens with two attached hydrogens (primary N) is 1. The third-order valence-electron chi connectivity index (χ3n) is 4.98. The molecule has 1 heterocycles. The van der Waals surface area contributed by atoms with E-state index in [0.29, 0.717) is 26.2 Å². The van der Waals surface area contributed by atoms with Crippen LogP contribution in [0.1, 0.15) is 19.3 Å². The molecule has 6 heteroatoms. The second kappa shape index (κ2) is 6.74. The molecule has 1 saturated heterocycles. The van der Waals surface area contributed by atoms with Crippen LogP contribution in [0.25, 0.3) is 0 Å². The fourth-order valence-corrected chi connectivity index (χ4v) is 3.57. The lowest BCUT2D eigenvalue weighted by Crippen LogP contribution is -2.52. The van der Waals surface area contributed by atoms with Gasteiger partial charge in [0.25, 0.3) is 0 Å². The Bertz CT molecular complexity index is 573. The van der Waals surface area contributed by atoms with Crippen molar-refractivity contribution in [3.8, 4) is 5.75 Å². The summed E-state index contributed by atoms with van der Waals surface area (Å²) in [5, 5.41) is 0. The van der Waals surface area contributed by atoms with Gasteiger partial charge < -0.3 is 20.3 Å². The highest BCUT2D eigenvalue weighted by atomic mass is 19.1. The number of carbonyl (C=O) groups is 1. The zero-order valence-corrected chi connectivity index (χ0v) is 13.5. The van der Waals surface area contributed by atoms with Crippen LogP contribution in [0.4, 0.5) is 10.1 Å². The molecule has 23 heavy (non-hydrogen) atoms. The van der Waals surface area contributed by atoms with Crippen molar-refractivity contribution in [1.82, 2.24) is 4.90 Å². The van der Waals surface area contributed by atoms with E-state index >= 15 is 0 Å². The molecule has 1 aromatic carbocycles. The molecule has 2 N–H and O–H groups in total. The molecule has 1 amide bonds. The Labute approximate surface area is 136 Å². The first kappa shape index (κ1) is 16.1. The largest absolute Gasteiger partial charge is 0.494 e. The number of ether oxygens (including phenoxy) is 1. The number of carbonyl (C=O) groups excluding carboxylic acids is 1. The average molecular weight is 321 g/mol. The molecule has 1 saturated carbocycles. The number of rotatable bonds is 3. The molecule has 2 aliphatic rings. The predicted molar refractivity (Wildman–Crippen MR) is 87.1 cm³/mol. The Morgan fingerprint density at radius 2 is 2.00 bits per heavy atom. The number of hydrogen-bond donors (Lipinski definition) is 1. The van der Waals surface area contributed by atoms with Crippen LogP contribution < -0.4 is 15.4 Å². The quantitative estimate of drug-likeness (QED) is 0.919. The number of anilines is 1. The standard InChI is InChI=1S/C17H24FN3O2/c1-23-16-6-5-12(11-14(16)18)20-7-9-21(10-8-20)17(22)13-3-2-4-15(13)19/h5-6,11,13,15H,2-4,7-10,19H2,1H3/t13-,15-/m1/s1. The van der Waals surface area contributed by atoms with Gasteiger partial charge in [-0.05, 0) is 25.0 Å². The first-order valence-electron chi connectivity index (χ1n) is 8.23. The molecule has 0 aromatic heterocycles. The number of amides is 1. The van der Waals surface area contributed by atoms with E-state index in [1.54, 1.807) is 6.07 Å². The van der Waals surface area contributed by atoms with Gasteiger partial charge in [0.05, 0.1) is 13.0 Å². The SMILES string of the molecule is COc1ccc(N2CCN(C(=O)[C@@H]3CCC[C@H]3N)CC2)cc1F. The molecule has 0 unspecified atom stereocenters. The Kier molecular flexibility index (Phi) is 4.71. The number of piperazine rings is 1. The second-order valence-electron chi connectivity index (χ2n) is 6.33. The topological polar surface area (TPSA) is 58.8 Å². The smallest absolute Gasteiger partial charge is 0.227 e. The van der Waals surface area contributed by atoms with Gasteiger partial charge in [-0.15, -0.1) is 0 Å². The second-order valence-corrected chi connectivity index (χ2v) is 6.33. The molecule has 0 bridgehead atoms. The van der Waals surface area contributed by atoms with E-state index in [0.717, 1.165) is 24.9 Å². The molecule has 126 valence electrons. The monoisotopic (exact) mass is 321 g/mol. The number of methoxy groups -OCH3 is 1. The molecular formula is C17H24FN3O2. The van der Waals surface area contributed by atoms with Crippen molar-refractivity contribution in [2.24, 2.45) is 11.7 Å². The Balaban J connectivity index is 1.60. The number of hydrogen-bond acceptors (Lipinski definition) is 4. The van der Waals surface area contributed by atoms with E-state index in [4.69, 9.17) is 10.5 Å². The van der Waals surface area contributed by atoms with Crippen molar-refractivity contribution in [2.75, 3.05) is 38.2 Å². The maximum absolute atomic E-state index is 13.8. The summed E-state index contributed by atoms with van der Waals surface area (Å²) in [6.45, 7) is 2.74. The van der Waals surface area contributed by atoms with Crippen LogP contribution in [0.3, 0.4) is 0 Å². The fraction of sp³-hybridized carbons (Fsp3) is 0.588. The molecule has 1 aromatic rings. The van der Waals surface area contributed by atoms with Crippen LogP contribution in [-0.4, -0.2) is 50.1 Å². The fourth-order valence-electron chi connectivity index (χ4n) is 3.57. The molecule has 1 aliphatic heterocycles. The predicted octanol–water partition coefficient (Wildman–Crippen LogP) is 1.61. The van der Waals surface area contributed by atoms with E-state index < -0.39 is 0 Å². The molecular weight excluding hydrogens is 297 g/mol. The van der Waals surface area contributed by atoms with Gasteiger partial charge in [-0.25, -0.2) is 4.39 Å². The minimum absolute atomic E-state index is 0.0104. The van der Waals surface area contributed by atoms with E-state index in [1.807, 2.05) is 11.0 Å². The van der Waals surface area contributed by atoms with Gasteiger partial charge in [0.2, 0.25) is 5.91 Å². The lowest BCUT2D eigenvalue weighted by molar-refractivity contribution is -0.136. The zero-order valence-electron chi connectivity index (χ0n) is 13.5. The highest BCUT2D eigenvalue weighted by Crippen LogP contribution is 2.28. The maximum Gasteiger partial charge on any atom is 0.227 e. The normalized spacial score (nSPS) is 24.8. The average Bonchev–Trinajstić information content (AvgIpc) is 3.00. The van der Waals surface area contributed by atoms with Crippen LogP contribution in [0.5, 0.6) is 5.75 Å².